The number of hydrogen-bond acceptors (Lipinski definition) is 4. The summed E-state index contributed by atoms with van der Waals surface area (Å²) in [6.07, 6.45) is 3.21. The van der Waals surface area contributed by atoms with Crippen molar-refractivity contribution >= 4 is 18.0 Å². The Balaban J connectivity index is 1.66. The van der Waals surface area contributed by atoms with Gasteiger partial charge in [0, 0.05) is 18.7 Å². The minimum Gasteiger partial charge on any atom is -0.488 e. The molecule has 2 heterocycles. The standard InChI is InChI=1S/C17H19NO4/c1-21-17(20)12-6-8-18(9-7-12)16(19)14-10-13-4-2-3-5-15(13)22-11-14/h2-5,10,12H,6-9,11H2,1H3. The van der Waals surface area contributed by atoms with Crippen LogP contribution in [0, 0.1) is 5.92 Å². The van der Waals surface area contributed by atoms with Crippen molar-refractivity contribution in [2.75, 3.05) is 26.8 Å². The van der Waals surface area contributed by atoms with Crippen LogP contribution in [0.5, 0.6) is 5.75 Å². The summed E-state index contributed by atoms with van der Waals surface area (Å²) >= 11 is 0. The number of nitrogens with zero attached hydrogens (tertiary/aromatic N) is 1. The molecule has 0 radical (unpaired) electrons. The molecule has 1 amide bonds. The van der Waals surface area contributed by atoms with Crippen LogP contribution in [0.1, 0.15) is 18.4 Å². The molecular weight excluding hydrogens is 282 g/mol. The first kappa shape index (κ1) is 14.6. The number of rotatable bonds is 2. The van der Waals surface area contributed by atoms with Crippen molar-refractivity contribution in [3.05, 3.63) is 35.4 Å². The molecule has 5 heteroatoms. The summed E-state index contributed by atoms with van der Waals surface area (Å²) in [5, 5.41) is 0. The van der Waals surface area contributed by atoms with E-state index in [1.807, 2.05) is 30.3 Å². The zero-order valence-electron chi connectivity index (χ0n) is 12.6. The molecular formula is C17H19NO4. The van der Waals surface area contributed by atoms with Gasteiger partial charge >= 0.3 is 5.97 Å². The number of benzene rings is 1. The number of hydrogen-bond donors (Lipinski definition) is 0. The lowest BCUT2D eigenvalue weighted by Crippen LogP contribution is -2.42. The first-order valence-electron chi connectivity index (χ1n) is 7.48. The van der Waals surface area contributed by atoms with E-state index in [2.05, 4.69) is 0 Å². The molecule has 0 aromatic heterocycles. The Labute approximate surface area is 129 Å². The van der Waals surface area contributed by atoms with E-state index in [1.165, 1.54) is 7.11 Å². The van der Waals surface area contributed by atoms with Gasteiger partial charge in [-0.2, -0.15) is 0 Å². The van der Waals surface area contributed by atoms with Gasteiger partial charge in [-0.3, -0.25) is 9.59 Å². The van der Waals surface area contributed by atoms with Crippen LogP contribution < -0.4 is 4.74 Å². The molecule has 0 unspecified atom stereocenters. The third kappa shape index (κ3) is 2.84. The molecule has 2 aliphatic heterocycles. The first-order valence-corrected chi connectivity index (χ1v) is 7.48. The molecule has 0 spiro atoms. The molecule has 1 aromatic rings. The summed E-state index contributed by atoms with van der Waals surface area (Å²) < 4.78 is 10.4. The van der Waals surface area contributed by atoms with E-state index >= 15 is 0 Å². The van der Waals surface area contributed by atoms with Gasteiger partial charge in [-0.25, -0.2) is 0 Å². The lowest BCUT2D eigenvalue weighted by molar-refractivity contribution is -0.148. The summed E-state index contributed by atoms with van der Waals surface area (Å²) in [5.74, 6) is 0.536. The fourth-order valence-corrected chi connectivity index (χ4v) is 2.93. The van der Waals surface area contributed by atoms with Gasteiger partial charge in [-0.05, 0) is 25.0 Å². The molecule has 116 valence electrons. The summed E-state index contributed by atoms with van der Waals surface area (Å²) in [6.45, 7) is 1.46. The second-order valence-corrected chi connectivity index (χ2v) is 5.59. The number of carbonyl (C=O) groups is 2. The highest BCUT2D eigenvalue weighted by atomic mass is 16.5. The average molecular weight is 301 g/mol. The van der Waals surface area contributed by atoms with Crippen molar-refractivity contribution in [3.8, 4) is 5.75 Å². The number of fused-ring (bicyclic) bond motifs is 1. The van der Waals surface area contributed by atoms with Gasteiger partial charge in [-0.15, -0.1) is 0 Å². The SMILES string of the molecule is COC(=O)C1CCN(C(=O)C2=Cc3ccccc3OC2)CC1. The summed E-state index contributed by atoms with van der Waals surface area (Å²) in [4.78, 5) is 25.9. The first-order chi connectivity index (χ1) is 10.7. The number of methoxy groups -OCH3 is 1. The van der Waals surface area contributed by atoms with E-state index in [1.54, 1.807) is 4.90 Å². The molecule has 5 nitrogen and oxygen atoms in total. The smallest absolute Gasteiger partial charge is 0.308 e. The molecule has 0 N–H and O–H groups in total. The third-order valence-electron chi connectivity index (χ3n) is 4.22. The molecule has 0 atom stereocenters. The molecule has 1 saturated heterocycles. The van der Waals surface area contributed by atoms with E-state index in [0.29, 0.717) is 38.1 Å². The van der Waals surface area contributed by atoms with Crippen molar-refractivity contribution in [1.29, 1.82) is 0 Å². The molecule has 0 aliphatic carbocycles. The quantitative estimate of drug-likeness (QED) is 0.783. The maximum Gasteiger partial charge on any atom is 0.308 e. The zero-order chi connectivity index (χ0) is 15.5. The molecule has 22 heavy (non-hydrogen) atoms. The predicted molar refractivity (Wildman–Crippen MR) is 81.2 cm³/mol. The van der Waals surface area contributed by atoms with Crippen molar-refractivity contribution in [2.45, 2.75) is 12.8 Å². The second kappa shape index (κ2) is 6.22. The average Bonchev–Trinajstić information content (AvgIpc) is 2.60. The Morgan fingerprint density at radius 2 is 1.95 bits per heavy atom. The largest absolute Gasteiger partial charge is 0.488 e. The predicted octanol–water partition coefficient (Wildman–Crippen LogP) is 1.87. The number of piperidine rings is 1. The number of esters is 1. The lowest BCUT2D eigenvalue weighted by atomic mass is 9.96. The molecule has 2 aliphatic rings. The van der Waals surface area contributed by atoms with Crippen LogP contribution in [0.2, 0.25) is 0 Å². The van der Waals surface area contributed by atoms with Gasteiger partial charge in [0.15, 0.2) is 0 Å². The van der Waals surface area contributed by atoms with Gasteiger partial charge < -0.3 is 14.4 Å². The van der Waals surface area contributed by atoms with Crippen LogP contribution in [0.15, 0.2) is 29.8 Å². The highest BCUT2D eigenvalue weighted by Crippen LogP contribution is 2.27. The van der Waals surface area contributed by atoms with Crippen LogP contribution in [0.25, 0.3) is 6.08 Å². The topological polar surface area (TPSA) is 55.8 Å². The van der Waals surface area contributed by atoms with E-state index < -0.39 is 0 Å². The van der Waals surface area contributed by atoms with Gasteiger partial charge in [0.25, 0.3) is 5.91 Å². The number of ether oxygens (including phenoxy) is 2. The van der Waals surface area contributed by atoms with Crippen molar-refractivity contribution in [3.63, 3.8) is 0 Å². The summed E-state index contributed by atoms with van der Waals surface area (Å²) in [5.41, 5.74) is 1.59. The van der Waals surface area contributed by atoms with Crippen LogP contribution in [0.3, 0.4) is 0 Å². The third-order valence-corrected chi connectivity index (χ3v) is 4.22. The van der Waals surface area contributed by atoms with Crippen molar-refractivity contribution < 1.29 is 19.1 Å². The van der Waals surface area contributed by atoms with Gasteiger partial charge in [0.2, 0.25) is 0 Å². The molecule has 1 fully saturated rings. The number of likely N-dealkylation sites (tertiary alicyclic amines) is 1. The van der Waals surface area contributed by atoms with Gasteiger partial charge in [-0.1, -0.05) is 18.2 Å². The zero-order valence-corrected chi connectivity index (χ0v) is 12.6. The van der Waals surface area contributed by atoms with Crippen molar-refractivity contribution in [2.24, 2.45) is 5.92 Å². The lowest BCUT2D eigenvalue weighted by Gasteiger charge is -2.32. The molecule has 3 rings (SSSR count). The Kier molecular flexibility index (Phi) is 4.13. The van der Waals surface area contributed by atoms with Gasteiger partial charge in [0.1, 0.15) is 12.4 Å². The number of para-hydroxylation sites is 1. The minimum absolute atomic E-state index is 0.00202. The number of carbonyl (C=O) groups excluding carboxylic acids is 2. The normalized spacial score (nSPS) is 18.0. The number of amides is 1. The van der Waals surface area contributed by atoms with Crippen LogP contribution in [0.4, 0.5) is 0 Å². The highest BCUT2D eigenvalue weighted by molar-refractivity contribution is 5.99. The molecule has 0 bridgehead atoms. The summed E-state index contributed by atoms with van der Waals surface area (Å²) in [7, 11) is 1.40. The molecule has 1 aromatic carbocycles. The Morgan fingerprint density at radius 3 is 2.68 bits per heavy atom. The second-order valence-electron chi connectivity index (χ2n) is 5.59. The fourth-order valence-electron chi connectivity index (χ4n) is 2.93. The fraction of sp³-hybridized carbons (Fsp3) is 0.412. The summed E-state index contributed by atoms with van der Waals surface area (Å²) in [6, 6.07) is 7.67. The van der Waals surface area contributed by atoms with E-state index in [0.717, 1.165) is 11.3 Å². The Morgan fingerprint density at radius 1 is 1.23 bits per heavy atom. The maximum absolute atomic E-state index is 12.6. The Hall–Kier alpha value is -2.30. The minimum atomic E-state index is -0.179. The van der Waals surface area contributed by atoms with E-state index in [9.17, 15) is 9.59 Å². The van der Waals surface area contributed by atoms with E-state index in [-0.39, 0.29) is 17.8 Å². The van der Waals surface area contributed by atoms with Gasteiger partial charge in [0.05, 0.1) is 18.6 Å². The highest BCUT2D eigenvalue weighted by Gasteiger charge is 2.30. The van der Waals surface area contributed by atoms with Crippen LogP contribution in [-0.2, 0) is 14.3 Å². The van der Waals surface area contributed by atoms with Crippen molar-refractivity contribution in [1.82, 2.24) is 4.90 Å². The monoisotopic (exact) mass is 301 g/mol. The molecule has 0 saturated carbocycles. The van der Waals surface area contributed by atoms with Crippen LogP contribution in [-0.4, -0.2) is 43.6 Å². The van der Waals surface area contributed by atoms with Crippen LogP contribution >= 0.6 is 0 Å². The maximum atomic E-state index is 12.6. The van der Waals surface area contributed by atoms with E-state index in [4.69, 9.17) is 9.47 Å². The Bertz CT molecular complexity index is 615.